The first kappa shape index (κ1) is 8.62. The normalized spacial score (nSPS) is 10.1. The number of benzene rings is 1. The van der Waals surface area contributed by atoms with Crippen LogP contribution in [0, 0.1) is 0 Å². The van der Waals surface area contributed by atoms with Crippen molar-refractivity contribution in [2.24, 2.45) is 0 Å². The zero-order valence-corrected chi connectivity index (χ0v) is 7.60. The minimum Gasteiger partial charge on any atom is -0.504 e. The summed E-state index contributed by atoms with van der Waals surface area (Å²) in [5.41, 5.74) is 0.817. The first-order valence-corrected chi connectivity index (χ1v) is 4.07. The Morgan fingerprint density at radius 2 is 2.29 bits per heavy atom. The number of aromatic hydroxyl groups is 1. The second kappa shape index (κ2) is 3.41. The minimum atomic E-state index is 0.107. The third-order valence-electron chi connectivity index (χ3n) is 1.90. The molecule has 4 heteroatoms. The number of ether oxygens (including phenoxy) is 1. The molecule has 0 saturated carbocycles. The number of hydrogen-bond donors (Lipinski definition) is 1. The summed E-state index contributed by atoms with van der Waals surface area (Å²) < 4.78 is 10.1. The fourth-order valence-electron chi connectivity index (χ4n) is 1.19. The predicted molar refractivity (Wildman–Crippen MR) is 50.2 cm³/mol. The summed E-state index contributed by atoms with van der Waals surface area (Å²) in [4.78, 5) is 3.81. The fraction of sp³-hybridized carbons (Fsp3) is 0.100. The van der Waals surface area contributed by atoms with Crippen molar-refractivity contribution in [3.63, 3.8) is 0 Å². The Kier molecular flexibility index (Phi) is 2.10. The van der Waals surface area contributed by atoms with Gasteiger partial charge in [0.15, 0.2) is 23.7 Å². The van der Waals surface area contributed by atoms with E-state index in [1.807, 2.05) is 0 Å². The molecular formula is C10H9NO3. The quantitative estimate of drug-likeness (QED) is 0.789. The summed E-state index contributed by atoms with van der Waals surface area (Å²) in [6.07, 6.45) is 2.96. The number of methoxy groups -OCH3 is 1. The molecule has 0 aliphatic heterocycles. The van der Waals surface area contributed by atoms with Crippen LogP contribution in [0.3, 0.4) is 0 Å². The summed E-state index contributed by atoms with van der Waals surface area (Å²) in [5.74, 6) is 1.16. The van der Waals surface area contributed by atoms with Gasteiger partial charge in [-0.05, 0) is 18.2 Å². The Morgan fingerprint density at radius 3 is 2.93 bits per heavy atom. The molecule has 0 radical (unpaired) electrons. The summed E-state index contributed by atoms with van der Waals surface area (Å²) in [5, 5.41) is 9.36. The third kappa shape index (κ3) is 1.42. The third-order valence-corrected chi connectivity index (χ3v) is 1.90. The van der Waals surface area contributed by atoms with E-state index in [4.69, 9.17) is 9.15 Å². The Morgan fingerprint density at radius 1 is 1.43 bits per heavy atom. The number of hydrogen-bond acceptors (Lipinski definition) is 4. The number of phenolic OH excluding ortho intramolecular Hbond substituents is 1. The minimum absolute atomic E-state index is 0.107. The van der Waals surface area contributed by atoms with E-state index < -0.39 is 0 Å². The summed E-state index contributed by atoms with van der Waals surface area (Å²) in [6.45, 7) is 0. The Hall–Kier alpha value is -1.97. The lowest BCUT2D eigenvalue weighted by atomic mass is 10.1. The number of rotatable bonds is 2. The second-order valence-electron chi connectivity index (χ2n) is 2.75. The van der Waals surface area contributed by atoms with Gasteiger partial charge in [0, 0.05) is 5.56 Å². The van der Waals surface area contributed by atoms with E-state index >= 15 is 0 Å². The molecule has 0 unspecified atom stereocenters. The highest BCUT2D eigenvalue weighted by molar-refractivity contribution is 5.61. The van der Waals surface area contributed by atoms with Gasteiger partial charge in [0.1, 0.15) is 0 Å². The van der Waals surface area contributed by atoms with Crippen molar-refractivity contribution in [2.45, 2.75) is 0 Å². The number of oxazole rings is 1. The monoisotopic (exact) mass is 191 g/mol. The van der Waals surface area contributed by atoms with Crippen LogP contribution in [-0.2, 0) is 0 Å². The van der Waals surface area contributed by atoms with Crippen LogP contribution in [0.5, 0.6) is 11.5 Å². The maximum atomic E-state index is 9.36. The van der Waals surface area contributed by atoms with Crippen LogP contribution >= 0.6 is 0 Å². The molecule has 0 bridgehead atoms. The topological polar surface area (TPSA) is 55.5 Å². The summed E-state index contributed by atoms with van der Waals surface area (Å²) in [6, 6.07) is 4.98. The van der Waals surface area contributed by atoms with Crippen LogP contribution in [0.1, 0.15) is 0 Å². The molecule has 2 aromatic rings. The maximum Gasteiger partial charge on any atom is 0.181 e. The molecule has 1 aromatic carbocycles. The van der Waals surface area contributed by atoms with Gasteiger partial charge in [0.05, 0.1) is 13.3 Å². The average molecular weight is 191 g/mol. The standard InChI is InChI=1S/C10H9NO3/c1-13-9-4-7(2-3-8(9)12)10-5-11-6-14-10/h2-6,12H,1H3. The molecule has 1 heterocycles. The van der Waals surface area contributed by atoms with Gasteiger partial charge in [-0.3, -0.25) is 0 Å². The molecule has 72 valence electrons. The van der Waals surface area contributed by atoms with E-state index in [1.165, 1.54) is 13.5 Å². The van der Waals surface area contributed by atoms with Crippen molar-refractivity contribution in [1.82, 2.24) is 4.98 Å². The number of aromatic nitrogens is 1. The van der Waals surface area contributed by atoms with Gasteiger partial charge in [-0.25, -0.2) is 4.98 Å². The molecule has 0 saturated heterocycles. The van der Waals surface area contributed by atoms with Gasteiger partial charge in [-0.1, -0.05) is 0 Å². The predicted octanol–water partition coefficient (Wildman–Crippen LogP) is 2.06. The van der Waals surface area contributed by atoms with Gasteiger partial charge in [-0.15, -0.1) is 0 Å². The van der Waals surface area contributed by atoms with Crippen LogP contribution in [0.15, 0.2) is 35.2 Å². The van der Waals surface area contributed by atoms with Gasteiger partial charge in [-0.2, -0.15) is 0 Å². The van der Waals surface area contributed by atoms with Gasteiger partial charge >= 0.3 is 0 Å². The van der Waals surface area contributed by atoms with Crippen LogP contribution in [-0.4, -0.2) is 17.2 Å². The van der Waals surface area contributed by atoms with Crippen molar-refractivity contribution >= 4 is 0 Å². The summed E-state index contributed by atoms with van der Waals surface area (Å²) >= 11 is 0. The first-order valence-electron chi connectivity index (χ1n) is 4.07. The zero-order valence-electron chi connectivity index (χ0n) is 7.60. The van der Waals surface area contributed by atoms with Crippen LogP contribution in [0.25, 0.3) is 11.3 Å². The lowest BCUT2D eigenvalue weighted by Crippen LogP contribution is -1.84. The maximum absolute atomic E-state index is 9.36. The van der Waals surface area contributed by atoms with Crippen molar-refractivity contribution in [2.75, 3.05) is 7.11 Å². The molecule has 14 heavy (non-hydrogen) atoms. The molecule has 4 nitrogen and oxygen atoms in total. The van der Waals surface area contributed by atoms with Crippen molar-refractivity contribution in [3.8, 4) is 22.8 Å². The van der Waals surface area contributed by atoms with Gasteiger partial charge < -0.3 is 14.3 Å². The lowest BCUT2D eigenvalue weighted by molar-refractivity contribution is 0.373. The highest BCUT2D eigenvalue weighted by Crippen LogP contribution is 2.30. The van der Waals surface area contributed by atoms with Crippen molar-refractivity contribution < 1.29 is 14.3 Å². The van der Waals surface area contributed by atoms with Gasteiger partial charge in [0.25, 0.3) is 0 Å². The van der Waals surface area contributed by atoms with Crippen LogP contribution < -0.4 is 4.74 Å². The molecule has 0 atom stereocenters. The Bertz CT molecular complexity index is 423. The SMILES string of the molecule is COc1cc(-c2cnco2)ccc1O. The molecule has 0 amide bonds. The molecule has 1 N–H and O–H groups in total. The smallest absolute Gasteiger partial charge is 0.181 e. The largest absolute Gasteiger partial charge is 0.504 e. The molecule has 0 spiro atoms. The van der Waals surface area contributed by atoms with Crippen LogP contribution in [0.2, 0.25) is 0 Å². The fourth-order valence-corrected chi connectivity index (χ4v) is 1.19. The number of phenols is 1. The zero-order chi connectivity index (χ0) is 9.97. The molecule has 0 aliphatic carbocycles. The van der Waals surface area contributed by atoms with E-state index in [2.05, 4.69) is 4.98 Å². The summed E-state index contributed by atoms with van der Waals surface area (Å²) in [7, 11) is 1.50. The van der Waals surface area contributed by atoms with E-state index in [0.717, 1.165) is 5.56 Å². The number of nitrogens with zero attached hydrogens (tertiary/aromatic N) is 1. The van der Waals surface area contributed by atoms with Crippen molar-refractivity contribution in [3.05, 3.63) is 30.8 Å². The molecule has 2 rings (SSSR count). The molecule has 0 aliphatic rings. The van der Waals surface area contributed by atoms with E-state index in [0.29, 0.717) is 11.5 Å². The van der Waals surface area contributed by atoms with Crippen molar-refractivity contribution in [1.29, 1.82) is 0 Å². The second-order valence-corrected chi connectivity index (χ2v) is 2.75. The molecule has 0 fully saturated rings. The highest BCUT2D eigenvalue weighted by Gasteiger charge is 2.06. The Balaban J connectivity index is 2.46. The van der Waals surface area contributed by atoms with Crippen LogP contribution in [0.4, 0.5) is 0 Å². The van der Waals surface area contributed by atoms with Gasteiger partial charge in [0.2, 0.25) is 0 Å². The average Bonchev–Trinajstić information content (AvgIpc) is 2.71. The lowest BCUT2D eigenvalue weighted by Gasteiger charge is -2.03. The first-order chi connectivity index (χ1) is 6.81. The van der Waals surface area contributed by atoms with E-state index in [1.54, 1.807) is 24.4 Å². The Labute approximate surface area is 80.8 Å². The van der Waals surface area contributed by atoms with E-state index in [9.17, 15) is 5.11 Å². The van der Waals surface area contributed by atoms with E-state index in [-0.39, 0.29) is 5.75 Å². The molecular weight excluding hydrogens is 182 g/mol. The highest BCUT2D eigenvalue weighted by atomic mass is 16.5. The molecule has 1 aromatic heterocycles.